The first-order valence-corrected chi connectivity index (χ1v) is 9.12. The molecule has 1 atom stereocenters. The van der Waals surface area contributed by atoms with E-state index in [0.717, 1.165) is 47.3 Å². The lowest BCUT2D eigenvalue weighted by Gasteiger charge is -2.15. The number of carbonyl (C=O) groups excluding carboxylic acids is 2. The molecule has 3 N–H and O–H groups in total. The number of ether oxygens (including phenoxy) is 1. The van der Waals surface area contributed by atoms with E-state index in [0.29, 0.717) is 5.69 Å². The summed E-state index contributed by atoms with van der Waals surface area (Å²) in [6.07, 6.45) is 4.60. The van der Waals surface area contributed by atoms with Gasteiger partial charge in [0.1, 0.15) is 0 Å². The predicted octanol–water partition coefficient (Wildman–Crippen LogP) is 2.64. The van der Waals surface area contributed by atoms with Gasteiger partial charge in [0.2, 0.25) is 0 Å². The zero-order chi connectivity index (χ0) is 19.3. The Morgan fingerprint density at radius 2 is 2.18 bits per heavy atom. The summed E-state index contributed by atoms with van der Waals surface area (Å²) in [5.41, 5.74) is 12.2. The number of amides is 2. The molecule has 0 bridgehead atoms. The Balaban J connectivity index is 1.52. The first kappa shape index (κ1) is 16.6. The van der Waals surface area contributed by atoms with Crippen molar-refractivity contribution in [3.8, 4) is 22.5 Å². The number of rotatable bonds is 3. The molecule has 0 saturated carbocycles. The molecular formula is C20H18N4O4. The second-order valence-electron chi connectivity index (χ2n) is 7.02. The lowest BCUT2D eigenvalue weighted by molar-refractivity contribution is -0.124. The molecule has 8 heteroatoms. The number of cyclic esters (lactones) is 1. The molecule has 1 aromatic carbocycles. The summed E-state index contributed by atoms with van der Waals surface area (Å²) >= 11 is 0. The van der Waals surface area contributed by atoms with Crippen molar-refractivity contribution in [1.82, 2.24) is 10.2 Å². The van der Waals surface area contributed by atoms with E-state index >= 15 is 0 Å². The van der Waals surface area contributed by atoms with Crippen LogP contribution in [0.2, 0.25) is 0 Å². The highest BCUT2D eigenvalue weighted by Crippen LogP contribution is 2.38. The number of hydrogen-bond donors (Lipinski definition) is 2. The lowest BCUT2D eigenvalue weighted by Crippen LogP contribution is -2.32. The number of fused-ring (bicyclic) bond motifs is 3. The van der Waals surface area contributed by atoms with Gasteiger partial charge in [-0.25, -0.2) is 4.79 Å². The third-order valence-corrected chi connectivity index (χ3v) is 5.33. The number of carbonyl (C=O) groups is 2. The SMILES string of the molecule is NC(=O)C1CN(c2ccc3c(c2)CCCc2c(-c4ccoc4)n[nH]c2-3)C(=O)O1. The van der Waals surface area contributed by atoms with Crippen LogP contribution in [0.3, 0.4) is 0 Å². The van der Waals surface area contributed by atoms with Gasteiger partial charge in [-0.1, -0.05) is 6.07 Å². The van der Waals surface area contributed by atoms with Crippen LogP contribution < -0.4 is 10.6 Å². The number of aromatic nitrogens is 2. The number of nitrogens with two attached hydrogens (primary N) is 1. The molecular weight excluding hydrogens is 360 g/mol. The van der Waals surface area contributed by atoms with Crippen LogP contribution in [0.5, 0.6) is 0 Å². The van der Waals surface area contributed by atoms with Crippen LogP contribution in [-0.2, 0) is 22.4 Å². The second kappa shape index (κ2) is 6.26. The van der Waals surface area contributed by atoms with Crippen molar-refractivity contribution in [2.75, 3.05) is 11.4 Å². The number of anilines is 1. The van der Waals surface area contributed by atoms with Gasteiger partial charge in [-0.15, -0.1) is 0 Å². The fourth-order valence-electron chi connectivity index (χ4n) is 3.95. The summed E-state index contributed by atoms with van der Waals surface area (Å²) in [4.78, 5) is 24.9. The van der Waals surface area contributed by atoms with Crippen molar-refractivity contribution < 1.29 is 18.7 Å². The predicted molar refractivity (Wildman–Crippen MR) is 101 cm³/mol. The van der Waals surface area contributed by atoms with E-state index in [1.54, 1.807) is 12.5 Å². The van der Waals surface area contributed by atoms with E-state index in [4.69, 9.17) is 14.9 Å². The van der Waals surface area contributed by atoms with Crippen LogP contribution in [0.25, 0.3) is 22.5 Å². The number of nitrogens with zero attached hydrogens (tertiary/aromatic N) is 2. The topological polar surface area (TPSA) is 114 Å². The number of primary amides is 1. The molecule has 5 rings (SSSR count). The highest BCUT2D eigenvalue weighted by Gasteiger charge is 2.36. The maximum Gasteiger partial charge on any atom is 0.415 e. The van der Waals surface area contributed by atoms with Crippen LogP contribution >= 0.6 is 0 Å². The van der Waals surface area contributed by atoms with Gasteiger partial charge in [-0.05, 0) is 43.0 Å². The molecule has 2 aliphatic rings. The van der Waals surface area contributed by atoms with Gasteiger partial charge in [-0.3, -0.25) is 14.8 Å². The largest absolute Gasteiger partial charge is 0.472 e. The summed E-state index contributed by atoms with van der Waals surface area (Å²) in [6, 6.07) is 7.72. The molecule has 1 fully saturated rings. The first-order valence-electron chi connectivity index (χ1n) is 9.12. The third-order valence-electron chi connectivity index (χ3n) is 5.33. The van der Waals surface area contributed by atoms with Gasteiger partial charge in [0, 0.05) is 22.4 Å². The Kier molecular flexibility index (Phi) is 3.71. The third kappa shape index (κ3) is 2.57. The summed E-state index contributed by atoms with van der Waals surface area (Å²) in [5.74, 6) is -0.639. The fraction of sp³-hybridized carbons (Fsp3) is 0.250. The van der Waals surface area contributed by atoms with E-state index < -0.39 is 18.1 Å². The van der Waals surface area contributed by atoms with Gasteiger partial charge in [0.25, 0.3) is 5.91 Å². The van der Waals surface area contributed by atoms with Crippen LogP contribution in [0.15, 0.2) is 41.2 Å². The minimum atomic E-state index is -0.914. The number of nitrogens with one attached hydrogen (secondary N) is 1. The monoisotopic (exact) mass is 378 g/mol. The minimum Gasteiger partial charge on any atom is -0.472 e. The molecule has 3 heterocycles. The molecule has 2 aromatic heterocycles. The Bertz CT molecular complexity index is 1070. The quantitative estimate of drug-likeness (QED) is 0.727. The normalized spacial score (nSPS) is 18.4. The average molecular weight is 378 g/mol. The van der Waals surface area contributed by atoms with Crippen LogP contribution in [0, 0.1) is 0 Å². The molecule has 28 heavy (non-hydrogen) atoms. The van der Waals surface area contributed by atoms with E-state index in [9.17, 15) is 9.59 Å². The Labute approximate surface area is 160 Å². The highest BCUT2D eigenvalue weighted by molar-refractivity contribution is 5.95. The van der Waals surface area contributed by atoms with Gasteiger partial charge < -0.3 is 14.9 Å². The summed E-state index contributed by atoms with van der Waals surface area (Å²) < 4.78 is 10.2. The fourth-order valence-corrected chi connectivity index (χ4v) is 3.95. The van der Waals surface area contributed by atoms with Crippen LogP contribution in [0.1, 0.15) is 17.5 Å². The van der Waals surface area contributed by atoms with E-state index in [1.165, 1.54) is 10.5 Å². The smallest absolute Gasteiger partial charge is 0.415 e. The van der Waals surface area contributed by atoms with Gasteiger partial charge >= 0.3 is 6.09 Å². The lowest BCUT2D eigenvalue weighted by atomic mass is 10.00. The molecule has 0 spiro atoms. The molecule has 8 nitrogen and oxygen atoms in total. The average Bonchev–Trinajstić information content (AvgIpc) is 3.39. The van der Waals surface area contributed by atoms with Crippen LogP contribution in [-0.4, -0.2) is 34.8 Å². The molecule has 3 aromatic rings. The molecule has 0 radical (unpaired) electrons. The van der Waals surface area contributed by atoms with Gasteiger partial charge in [-0.2, -0.15) is 5.10 Å². The minimum absolute atomic E-state index is 0.132. The summed E-state index contributed by atoms with van der Waals surface area (Å²) in [7, 11) is 0. The molecule has 1 saturated heterocycles. The van der Waals surface area contributed by atoms with Crippen molar-refractivity contribution in [2.45, 2.75) is 25.4 Å². The maximum atomic E-state index is 12.1. The van der Waals surface area contributed by atoms with Crippen molar-refractivity contribution in [2.24, 2.45) is 5.73 Å². The maximum absolute atomic E-state index is 12.1. The molecule has 1 aliphatic heterocycles. The van der Waals surface area contributed by atoms with E-state index in [1.807, 2.05) is 24.3 Å². The van der Waals surface area contributed by atoms with Crippen molar-refractivity contribution >= 4 is 17.7 Å². The number of furan rings is 1. The summed E-state index contributed by atoms with van der Waals surface area (Å²) in [5, 5.41) is 7.67. The number of aryl methyl sites for hydroxylation is 1. The summed E-state index contributed by atoms with van der Waals surface area (Å²) in [6.45, 7) is 0.132. The standard InChI is InChI=1S/C20H18N4O4/c21-19(25)16-9-24(20(26)28-16)13-4-5-14-11(8-13)2-1-3-15-17(22-23-18(14)15)12-6-7-27-10-12/h4-8,10,16H,1-3,9H2,(H2,21,25)(H,22,23). The Morgan fingerprint density at radius 3 is 2.93 bits per heavy atom. The van der Waals surface area contributed by atoms with E-state index in [2.05, 4.69) is 10.2 Å². The first-order chi connectivity index (χ1) is 13.6. The number of aromatic amines is 1. The number of benzene rings is 1. The van der Waals surface area contributed by atoms with Gasteiger partial charge in [0.15, 0.2) is 6.10 Å². The molecule has 1 aliphatic carbocycles. The number of H-pyrrole nitrogens is 1. The Morgan fingerprint density at radius 1 is 1.29 bits per heavy atom. The van der Waals surface area contributed by atoms with Crippen molar-refractivity contribution in [3.63, 3.8) is 0 Å². The van der Waals surface area contributed by atoms with Crippen LogP contribution in [0.4, 0.5) is 10.5 Å². The molecule has 142 valence electrons. The number of hydrogen-bond acceptors (Lipinski definition) is 5. The Hall–Kier alpha value is -3.55. The van der Waals surface area contributed by atoms with Crippen molar-refractivity contribution in [1.29, 1.82) is 0 Å². The van der Waals surface area contributed by atoms with E-state index in [-0.39, 0.29) is 6.54 Å². The zero-order valence-corrected chi connectivity index (χ0v) is 15.0. The molecule has 2 amide bonds. The highest BCUT2D eigenvalue weighted by atomic mass is 16.6. The second-order valence-corrected chi connectivity index (χ2v) is 7.02. The zero-order valence-electron chi connectivity index (χ0n) is 15.0. The molecule has 1 unspecified atom stereocenters. The van der Waals surface area contributed by atoms with Gasteiger partial charge in [0.05, 0.1) is 30.5 Å². The van der Waals surface area contributed by atoms with Crippen molar-refractivity contribution in [3.05, 3.63) is 47.9 Å².